The molecule has 0 aliphatic heterocycles. The molecule has 0 aliphatic rings. The van der Waals surface area contributed by atoms with Gasteiger partial charge in [-0.25, -0.2) is 28.1 Å². The van der Waals surface area contributed by atoms with Gasteiger partial charge >= 0.3 is 0 Å². The van der Waals surface area contributed by atoms with Gasteiger partial charge in [0.05, 0.1) is 6.20 Å². The van der Waals surface area contributed by atoms with Crippen molar-refractivity contribution in [2.45, 2.75) is 0 Å². The molecule has 8 heteroatoms. The van der Waals surface area contributed by atoms with Crippen LogP contribution in [-0.2, 0) is 0 Å². The molecule has 2 aromatic heterocycles. The zero-order chi connectivity index (χ0) is 19.0. The molecular weight excluding hydrogens is 355 g/mol. The number of aromatic nitrogens is 4. The molecule has 0 saturated heterocycles. The maximum atomic E-state index is 14.8. The standard InChI is InChI=1S/C19H12F3N5/c1-23-18-12-6-11(10-2-3-13(20)14(21)7-10)8-15(22)17(12)26-19(27-18)16-9-24-4-5-25-16/h2-9H,1H3,(H,23,26,27). The molecule has 5 nitrogen and oxygen atoms in total. The third-order valence-corrected chi connectivity index (χ3v) is 4.04. The molecule has 2 heterocycles. The highest BCUT2D eigenvalue weighted by Crippen LogP contribution is 2.31. The number of hydrogen-bond donors (Lipinski definition) is 1. The molecule has 0 aliphatic carbocycles. The summed E-state index contributed by atoms with van der Waals surface area (Å²) in [6.07, 6.45) is 4.48. The van der Waals surface area contributed by atoms with E-state index in [1.165, 1.54) is 30.7 Å². The van der Waals surface area contributed by atoms with Crippen molar-refractivity contribution < 1.29 is 13.2 Å². The van der Waals surface area contributed by atoms with Crippen molar-refractivity contribution in [1.29, 1.82) is 0 Å². The van der Waals surface area contributed by atoms with Crippen LogP contribution in [0.1, 0.15) is 0 Å². The normalized spacial score (nSPS) is 11.0. The fourth-order valence-corrected chi connectivity index (χ4v) is 2.75. The minimum Gasteiger partial charge on any atom is -0.373 e. The fraction of sp³-hybridized carbons (Fsp3) is 0.0526. The maximum absolute atomic E-state index is 14.8. The van der Waals surface area contributed by atoms with E-state index in [4.69, 9.17) is 0 Å². The molecule has 1 N–H and O–H groups in total. The van der Waals surface area contributed by atoms with Gasteiger partial charge in [-0.05, 0) is 35.4 Å². The van der Waals surface area contributed by atoms with Crippen LogP contribution < -0.4 is 5.32 Å². The summed E-state index contributed by atoms with van der Waals surface area (Å²) in [7, 11) is 1.64. The lowest BCUT2D eigenvalue weighted by Gasteiger charge is -2.11. The van der Waals surface area contributed by atoms with Crippen molar-refractivity contribution in [3.05, 3.63) is 66.4 Å². The van der Waals surface area contributed by atoms with E-state index in [9.17, 15) is 13.2 Å². The highest BCUT2D eigenvalue weighted by atomic mass is 19.2. The zero-order valence-electron chi connectivity index (χ0n) is 14.0. The number of hydrogen-bond acceptors (Lipinski definition) is 5. The Morgan fingerprint density at radius 3 is 2.37 bits per heavy atom. The van der Waals surface area contributed by atoms with Crippen LogP contribution in [0.5, 0.6) is 0 Å². The number of nitrogens with zero attached hydrogens (tertiary/aromatic N) is 4. The second kappa shape index (κ2) is 6.64. The predicted octanol–water partition coefficient (Wildman–Crippen LogP) is 4.21. The van der Waals surface area contributed by atoms with E-state index in [0.29, 0.717) is 28.0 Å². The number of fused-ring (bicyclic) bond motifs is 1. The third-order valence-electron chi connectivity index (χ3n) is 4.04. The van der Waals surface area contributed by atoms with E-state index in [1.54, 1.807) is 13.1 Å². The summed E-state index contributed by atoms with van der Waals surface area (Å²) in [4.78, 5) is 16.7. The molecule has 0 radical (unpaired) electrons. The minimum atomic E-state index is -1.00. The van der Waals surface area contributed by atoms with Crippen LogP contribution in [0.25, 0.3) is 33.5 Å². The Kier molecular flexibility index (Phi) is 4.15. The van der Waals surface area contributed by atoms with Gasteiger partial charge in [-0.15, -0.1) is 0 Å². The molecule has 0 fully saturated rings. The van der Waals surface area contributed by atoms with Gasteiger partial charge in [-0.3, -0.25) is 4.98 Å². The summed E-state index contributed by atoms with van der Waals surface area (Å²) in [5.41, 5.74) is 1.21. The van der Waals surface area contributed by atoms with Gasteiger partial charge in [0.25, 0.3) is 0 Å². The predicted molar refractivity (Wildman–Crippen MR) is 95.4 cm³/mol. The third kappa shape index (κ3) is 3.05. The average molecular weight is 367 g/mol. The molecule has 0 unspecified atom stereocenters. The monoisotopic (exact) mass is 367 g/mol. The number of anilines is 1. The van der Waals surface area contributed by atoms with E-state index < -0.39 is 17.5 Å². The zero-order valence-corrected chi connectivity index (χ0v) is 14.0. The lowest BCUT2D eigenvalue weighted by molar-refractivity contribution is 0.509. The molecule has 27 heavy (non-hydrogen) atoms. The molecule has 4 rings (SSSR count). The maximum Gasteiger partial charge on any atom is 0.182 e. The lowest BCUT2D eigenvalue weighted by Crippen LogP contribution is -2.01. The van der Waals surface area contributed by atoms with Crippen molar-refractivity contribution in [2.24, 2.45) is 0 Å². The summed E-state index contributed by atoms with van der Waals surface area (Å²) in [6, 6.07) is 6.25. The highest BCUT2D eigenvalue weighted by Gasteiger charge is 2.15. The van der Waals surface area contributed by atoms with E-state index in [-0.39, 0.29) is 11.3 Å². The van der Waals surface area contributed by atoms with Crippen LogP contribution in [0, 0.1) is 17.5 Å². The van der Waals surface area contributed by atoms with Gasteiger partial charge in [0.15, 0.2) is 17.5 Å². The van der Waals surface area contributed by atoms with Crippen molar-refractivity contribution in [3.8, 4) is 22.6 Å². The van der Waals surface area contributed by atoms with Crippen LogP contribution in [0.4, 0.5) is 19.0 Å². The summed E-state index contributed by atoms with van der Waals surface area (Å²) in [6.45, 7) is 0. The highest BCUT2D eigenvalue weighted by molar-refractivity contribution is 5.94. The van der Waals surface area contributed by atoms with Crippen molar-refractivity contribution in [3.63, 3.8) is 0 Å². The molecule has 4 aromatic rings. The van der Waals surface area contributed by atoms with Gasteiger partial charge in [0, 0.05) is 24.8 Å². The SMILES string of the molecule is CNc1nc(-c2cnccn2)nc2c(F)cc(-c3ccc(F)c(F)c3)cc12. The summed E-state index contributed by atoms with van der Waals surface area (Å²) in [5, 5.41) is 3.31. The summed E-state index contributed by atoms with van der Waals surface area (Å²) in [5.74, 6) is -1.98. The Morgan fingerprint density at radius 1 is 0.852 bits per heavy atom. The largest absolute Gasteiger partial charge is 0.373 e. The number of rotatable bonds is 3. The lowest BCUT2D eigenvalue weighted by atomic mass is 10.0. The Balaban J connectivity index is 1.93. The Labute approximate surface area is 152 Å². The van der Waals surface area contributed by atoms with Crippen LogP contribution in [0.3, 0.4) is 0 Å². The van der Waals surface area contributed by atoms with E-state index >= 15 is 0 Å². The fourth-order valence-electron chi connectivity index (χ4n) is 2.75. The first-order valence-electron chi connectivity index (χ1n) is 7.97. The molecular formula is C19H12F3N5. The second-order valence-corrected chi connectivity index (χ2v) is 5.72. The first-order valence-corrected chi connectivity index (χ1v) is 7.97. The smallest absolute Gasteiger partial charge is 0.182 e. The van der Waals surface area contributed by atoms with Gasteiger partial charge in [0.2, 0.25) is 0 Å². The number of nitrogens with one attached hydrogen (secondary N) is 1. The van der Waals surface area contributed by atoms with E-state index in [2.05, 4.69) is 25.3 Å². The van der Waals surface area contributed by atoms with Gasteiger partial charge in [0.1, 0.15) is 22.8 Å². The van der Waals surface area contributed by atoms with Crippen LogP contribution in [-0.4, -0.2) is 27.0 Å². The Morgan fingerprint density at radius 2 is 1.67 bits per heavy atom. The Hall–Kier alpha value is -3.55. The number of benzene rings is 2. The minimum absolute atomic E-state index is 0.0846. The molecule has 134 valence electrons. The Bertz CT molecular complexity index is 1150. The number of halogens is 3. The summed E-state index contributed by atoms with van der Waals surface area (Å²) < 4.78 is 41.5. The second-order valence-electron chi connectivity index (χ2n) is 5.72. The molecule has 0 amide bonds. The molecule has 0 atom stereocenters. The van der Waals surface area contributed by atoms with Crippen LogP contribution >= 0.6 is 0 Å². The summed E-state index contributed by atoms with van der Waals surface area (Å²) >= 11 is 0. The topological polar surface area (TPSA) is 63.6 Å². The van der Waals surface area contributed by atoms with Crippen LogP contribution in [0.2, 0.25) is 0 Å². The average Bonchev–Trinajstić information content (AvgIpc) is 2.70. The van der Waals surface area contributed by atoms with Crippen LogP contribution in [0.15, 0.2) is 48.9 Å². The van der Waals surface area contributed by atoms with Crippen molar-refractivity contribution >= 4 is 16.7 Å². The molecule has 2 aromatic carbocycles. The van der Waals surface area contributed by atoms with E-state index in [0.717, 1.165) is 12.1 Å². The quantitative estimate of drug-likeness (QED) is 0.588. The first-order chi connectivity index (χ1) is 13.1. The first kappa shape index (κ1) is 16.9. The molecule has 0 spiro atoms. The van der Waals surface area contributed by atoms with Gasteiger partial charge < -0.3 is 5.32 Å². The van der Waals surface area contributed by atoms with Gasteiger partial charge in [-0.2, -0.15) is 0 Å². The molecule has 0 saturated carbocycles. The van der Waals surface area contributed by atoms with Gasteiger partial charge in [-0.1, -0.05) is 6.07 Å². The molecule has 0 bridgehead atoms. The van der Waals surface area contributed by atoms with Crippen molar-refractivity contribution in [1.82, 2.24) is 19.9 Å². The van der Waals surface area contributed by atoms with E-state index in [1.807, 2.05) is 0 Å². The van der Waals surface area contributed by atoms with Crippen molar-refractivity contribution in [2.75, 3.05) is 12.4 Å².